The first kappa shape index (κ1) is 16.0. The minimum Gasteiger partial charge on any atom is -0.459 e. The maximum absolute atomic E-state index is 11.8. The lowest BCUT2D eigenvalue weighted by molar-refractivity contribution is 0.0287. The van der Waals surface area contributed by atoms with E-state index in [-0.39, 0.29) is 18.7 Å². The van der Waals surface area contributed by atoms with Crippen molar-refractivity contribution in [1.29, 1.82) is 0 Å². The van der Waals surface area contributed by atoms with Gasteiger partial charge in [-0.25, -0.2) is 9.59 Å². The van der Waals surface area contributed by atoms with E-state index in [9.17, 15) is 9.59 Å². The molecule has 0 aliphatic carbocycles. The molecule has 0 radical (unpaired) electrons. The molecule has 0 aromatic heterocycles. The van der Waals surface area contributed by atoms with Crippen LogP contribution in [0.15, 0.2) is 24.3 Å². The van der Waals surface area contributed by atoms with Crippen LogP contribution in [0.3, 0.4) is 0 Å². The highest BCUT2D eigenvalue weighted by molar-refractivity contribution is 5.89. The van der Waals surface area contributed by atoms with Gasteiger partial charge in [0.15, 0.2) is 0 Å². The summed E-state index contributed by atoms with van der Waals surface area (Å²) in [6.45, 7) is 4.02. The largest absolute Gasteiger partial charge is 0.507 e. The molecule has 5 heteroatoms. The second kappa shape index (κ2) is 8.19. The minimum absolute atomic E-state index is 0.231. The van der Waals surface area contributed by atoms with Crippen molar-refractivity contribution in [3.05, 3.63) is 35.4 Å². The van der Waals surface area contributed by atoms with Crippen LogP contribution < -0.4 is 0 Å². The van der Waals surface area contributed by atoms with E-state index in [0.29, 0.717) is 18.4 Å². The molecule has 0 bridgehead atoms. The van der Waals surface area contributed by atoms with Gasteiger partial charge in [-0.05, 0) is 38.8 Å². The van der Waals surface area contributed by atoms with E-state index in [4.69, 9.17) is 9.47 Å². The van der Waals surface area contributed by atoms with Crippen LogP contribution in [0.1, 0.15) is 35.7 Å². The Hall–Kier alpha value is -2.04. The van der Waals surface area contributed by atoms with Gasteiger partial charge in [0.05, 0.1) is 25.4 Å². The van der Waals surface area contributed by atoms with Crippen LogP contribution in [0.2, 0.25) is 0 Å². The molecule has 1 rings (SSSR count). The van der Waals surface area contributed by atoms with Gasteiger partial charge in [0.2, 0.25) is 0 Å². The van der Waals surface area contributed by atoms with Crippen molar-refractivity contribution >= 4 is 12.1 Å². The third-order valence-corrected chi connectivity index (χ3v) is 2.74. The van der Waals surface area contributed by atoms with Crippen molar-refractivity contribution in [2.45, 2.75) is 32.8 Å². The highest BCUT2D eigenvalue weighted by atomic mass is 16.7. The number of hydrogen-bond acceptors (Lipinski definition) is 5. The first-order chi connectivity index (χ1) is 9.52. The van der Waals surface area contributed by atoms with E-state index in [1.54, 1.807) is 12.1 Å². The van der Waals surface area contributed by atoms with E-state index in [0.717, 1.165) is 5.56 Å². The standard InChI is InChI=1S/C15H20O5/c1-11-6-8-13(9-7-11)14(16)20-12(2)5-4-10-19-15(17)18-3/h6-9,12H,4-5,10H2,1-3H3. The average molecular weight is 280 g/mol. The van der Waals surface area contributed by atoms with Gasteiger partial charge in [0.25, 0.3) is 0 Å². The molecule has 20 heavy (non-hydrogen) atoms. The van der Waals surface area contributed by atoms with Crippen LogP contribution in [0.25, 0.3) is 0 Å². The van der Waals surface area contributed by atoms with E-state index in [1.165, 1.54) is 7.11 Å². The summed E-state index contributed by atoms with van der Waals surface area (Å²) in [5.74, 6) is -0.341. The molecule has 0 N–H and O–H groups in total. The van der Waals surface area contributed by atoms with Gasteiger partial charge < -0.3 is 14.2 Å². The van der Waals surface area contributed by atoms with Gasteiger partial charge >= 0.3 is 12.1 Å². The summed E-state index contributed by atoms with van der Waals surface area (Å²) < 4.78 is 14.4. The number of hydrogen-bond donors (Lipinski definition) is 0. The van der Waals surface area contributed by atoms with E-state index in [1.807, 2.05) is 26.0 Å². The number of methoxy groups -OCH3 is 1. The quantitative estimate of drug-likeness (QED) is 0.592. The van der Waals surface area contributed by atoms with Crippen LogP contribution in [-0.4, -0.2) is 31.9 Å². The summed E-state index contributed by atoms with van der Waals surface area (Å²) in [5, 5.41) is 0. The Morgan fingerprint density at radius 3 is 2.45 bits per heavy atom. The van der Waals surface area contributed by atoms with E-state index < -0.39 is 6.16 Å². The van der Waals surface area contributed by atoms with Gasteiger partial charge in [0.1, 0.15) is 0 Å². The monoisotopic (exact) mass is 280 g/mol. The predicted octanol–water partition coefficient (Wildman–Crippen LogP) is 3.10. The first-order valence-corrected chi connectivity index (χ1v) is 6.51. The van der Waals surface area contributed by atoms with Crippen molar-refractivity contribution < 1.29 is 23.8 Å². The molecule has 0 fully saturated rings. The molecule has 110 valence electrons. The second-order valence-electron chi connectivity index (χ2n) is 4.53. The third-order valence-electron chi connectivity index (χ3n) is 2.74. The summed E-state index contributed by atoms with van der Waals surface area (Å²) >= 11 is 0. The Balaban J connectivity index is 2.28. The van der Waals surface area contributed by atoms with Crippen molar-refractivity contribution in [3.8, 4) is 0 Å². The molecule has 0 saturated heterocycles. The van der Waals surface area contributed by atoms with Crippen molar-refractivity contribution in [2.75, 3.05) is 13.7 Å². The molecule has 0 aliphatic heterocycles. The fraction of sp³-hybridized carbons (Fsp3) is 0.467. The van der Waals surface area contributed by atoms with E-state index >= 15 is 0 Å². The van der Waals surface area contributed by atoms with Crippen molar-refractivity contribution in [3.63, 3.8) is 0 Å². The van der Waals surface area contributed by atoms with Gasteiger partial charge in [-0.15, -0.1) is 0 Å². The summed E-state index contributed by atoms with van der Waals surface area (Å²) in [7, 11) is 1.26. The Morgan fingerprint density at radius 1 is 1.20 bits per heavy atom. The maximum Gasteiger partial charge on any atom is 0.507 e. The number of esters is 1. The number of ether oxygens (including phenoxy) is 3. The fourth-order valence-electron chi connectivity index (χ4n) is 1.58. The van der Waals surface area contributed by atoms with Gasteiger partial charge in [0, 0.05) is 0 Å². The summed E-state index contributed by atoms with van der Waals surface area (Å²) in [5.41, 5.74) is 1.63. The Labute approximate surface area is 118 Å². The lowest BCUT2D eigenvalue weighted by atomic mass is 10.1. The number of aryl methyl sites for hydroxylation is 1. The highest BCUT2D eigenvalue weighted by Crippen LogP contribution is 2.09. The normalized spacial score (nSPS) is 11.6. The molecule has 0 saturated carbocycles. The fourth-order valence-corrected chi connectivity index (χ4v) is 1.58. The zero-order valence-electron chi connectivity index (χ0n) is 12.0. The Kier molecular flexibility index (Phi) is 6.56. The summed E-state index contributed by atoms with van der Waals surface area (Å²) in [6, 6.07) is 7.21. The molecule has 1 atom stereocenters. The molecular weight excluding hydrogens is 260 g/mol. The molecule has 0 aliphatic rings. The summed E-state index contributed by atoms with van der Waals surface area (Å²) in [6.07, 6.45) is 0.297. The van der Waals surface area contributed by atoms with Gasteiger partial charge in [-0.2, -0.15) is 0 Å². The molecule has 5 nitrogen and oxygen atoms in total. The third kappa shape index (κ3) is 5.73. The van der Waals surface area contributed by atoms with Crippen LogP contribution in [0.5, 0.6) is 0 Å². The number of rotatable bonds is 6. The second-order valence-corrected chi connectivity index (χ2v) is 4.53. The Morgan fingerprint density at radius 2 is 1.85 bits per heavy atom. The summed E-state index contributed by atoms with van der Waals surface area (Å²) in [4.78, 5) is 22.5. The van der Waals surface area contributed by atoms with Crippen LogP contribution >= 0.6 is 0 Å². The molecular formula is C15H20O5. The Bertz CT molecular complexity index is 438. The number of carbonyl (C=O) groups is 2. The molecule has 1 aromatic rings. The van der Waals surface area contributed by atoms with Gasteiger partial charge in [-0.1, -0.05) is 17.7 Å². The lowest BCUT2D eigenvalue weighted by Crippen LogP contribution is -2.16. The molecule has 0 amide bonds. The molecule has 1 aromatic carbocycles. The smallest absolute Gasteiger partial charge is 0.459 e. The SMILES string of the molecule is COC(=O)OCCCC(C)OC(=O)c1ccc(C)cc1. The molecule has 1 unspecified atom stereocenters. The van der Waals surface area contributed by atoms with Gasteiger partial charge in [-0.3, -0.25) is 0 Å². The predicted molar refractivity (Wildman–Crippen MR) is 73.6 cm³/mol. The molecule has 0 spiro atoms. The average Bonchev–Trinajstić information content (AvgIpc) is 2.43. The minimum atomic E-state index is -0.700. The first-order valence-electron chi connectivity index (χ1n) is 6.51. The maximum atomic E-state index is 11.8. The number of carbonyl (C=O) groups excluding carboxylic acids is 2. The topological polar surface area (TPSA) is 61.8 Å². The zero-order chi connectivity index (χ0) is 15.0. The van der Waals surface area contributed by atoms with E-state index in [2.05, 4.69) is 4.74 Å². The van der Waals surface area contributed by atoms with Crippen LogP contribution in [0.4, 0.5) is 4.79 Å². The number of benzene rings is 1. The van der Waals surface area contributed by atoms with Crippen LogP contribution in [0, 0.1) is 6.92 Å². The van der Waals surface area contributed by atoms with Crippen molar-refractivity contribution in [1.82, 2.24) is 0 Å². The highest BCUT2D eigenvalue weighted by Gasteiger charge is 2.12. The zero-order valence-corrected chi connectivity index (χ0v) is 12.0. The molecule has 0 heterocycles. The van der Waals surface area contributed by atoms with Crippen molar-refractivity contribution in [2.24, 2.45) is 0 Å². The van der Waals surface area contributed by atoms with Crippen LogP contribution in [-0.2, 0) is 14.2 Å². The lowest BCUT2D eigenvalue weighted by Gasteiger charge is -2.13.